The molecule has 7 heteroatoms. The zero-order chi connectivity index (χ0) is 19.6. The topological polar surface area (TPSA) is 76.5 Å². The highest BCUT2D eigenvalue weighted by molar-refractivity contribution is 5.98. The number of nitrogens with zero attached hydrogens (tertiary/aromatic N) is 1. The minimum atomic E-state index is -0.701. The first-order valence-corrected chi connectivity index (χ1v) is 9.02. The smallest absolute Gasteiger partial charge is 0.284 e. The Balaban J connectivity index is 1.74. The Bertz CT molecular complexity index is 863. The van der Waals surface area contributed by atoms with Crippen molar-refractivity contribution in [3.8, 4) is 0 Å². The number of primary amides is 1. The van der Waals surface area contributed by atoms with Crippen LogP contribution in [0.15, 0.2) is 28.7 Å². The summed E-state index contributed by atoms with van der Waals surface area (Å²) < 4.78 is 32.8. The number of ketones is 1. The van der Waals surface area contributed by atoms with Crippen LogP contribution in [0.2, 0.25) is 0 Å². The van der Waals surface area contributed by atoms with Gasteiger partial charge >= 0.3 is 0 Å². The molecule has 1 fully saturated rings. The highest BCUT2D eigenvalue weighted by Gasteiger charge is 2.29. The SMILES string of the molecule is CCc1oc(C(N)=O)cc1CN1CCC[C@@H](C(=O)c2cc(F)ccc2F)C1. The number of amides is 1. The molecule has 1 amide bonds. The van der Waals surface area contributed by atoms with Gasteiger partial charge in [0.15, 0.2) is 11.5 Å². The molecular formula is C20H22F2N2O3. The Morgan fingerprint density at radius 2 is 2.07 bits per heavy atom. The Morgan fingerprint density at radius 1 is 1.30 bits per heavy atom. The minimum absolute atomic E-state index is 0.119. The maximum atomic E-state index is 13.9. The second kappa shape index (κ2) is 8.00. The molecule has 1 aromatic heterocycles. The van der Waals surface area contributed by atoms with Crippen LogP contribution < -0.4 is 5.73 Å². The highest BCUT2D eigenvalue weighted by Crippen LogP contribution is 2.26. The van der Waals surface area contributed by atoms with Crippen LogP contribution in [0.4, 0.5) is 8.78 Å². The molecule has 1 aliphatic rings. The Hall–Kier alpha value is -2.54. The number of likely N-dealkylation sites (tertiary alicyclic amines) is 1. The van der Waals surface area contributed by atoms with Crippen LogP contribution in [0.25, 0.3) is 0 Å². The molecule has 1 atom stereocenters. The van der Waals surface area contributed by atoms with Crippen molar-refractivity contribution in [3.05, 3.63) is 58.5 Å². The zero-order valence-corrected chi connectivity index (χ0v) is 15.1. The quantitative estimate of drug-likeness (QED) is 0.785. The van der Waals surface area contributed by atoms with E-state index >= 15 is 0 Å². The van der Waals surface area contributed by atoms with E-state index in [1.807, 2.05) is 6.92 Å². The number of aryl methyl sites for hydroxylation is 1. The van der Waals surface area contributed by atoms with Crippen molar-refractivity contribution in [2.24, 2.45) is 11.7 Å². The van der Waals surface area contributed by atoms with E-state index in [1.54, 1.807) is 6.07 Å². The van der Waals surface area contributed by atoms with Crippen LogP contribution in [-0.4, -0.2) is 29.7 Å². The van der Waals surface area contributed by atoms with E-state index in [2.05, 4.69) is 4.90 Å². The predicted octanol–water partition coefficient (Wildman–Crippen LogP) is 3.31. The molecule has 0 spiro atoms. The van der Waals surface area contributed by atoms with Crippen LogP contribution in [-0.2, 0) is 13.0 Å². The second-order valence-corrected chi connectivity index (χ2v) is 6.84. The van der Waals surface area contributed by atoms with Gasteiger partial charge < -0.3 is 10.2 Å². The van der Waals surface area contributed by atoms with Crippen molar-refractivity contribution in [2.45, 2.75) is 32.7 Å². The van der Waals surface area contributed by atoms with Gasteiger partial charge in [-0.2, -0.15) is 0 Å². The number of rotatable bonds is 6. The summed E-state index contributed by atoms with van der Waals surface area (Å²) in [6.07, 6.45) is 2.02. The number of hydrogen-bond donors (Lipinski definition) is 1. The van der Waals surface area contributed by atoms with E-state index in [0.717, 1.165) is 36.7 Å². The Morgan fingerprint density at radius 3 is 2.78 bits per heavy atom. The van der Waals surface area contributed by atoms with Crippen molar-refractivity contribution in [3.63, 3.8) is 0 Å². The molecule has 27 heavy (non-hydrogen) atoms. The summed E-state index contributed by atoms with van der Waals surface area (Å²) in [7, 11) is 0. The van der Waals surface area contributed by atoms with Gasteiger partial charge in [0.05, 0.1) is 5.56 Å². The molecule has 2 aromatic rings. The lowest BCUT2D eigenvalue weighted by molar-refractivity contribution is 0.0806. The van der Waals surface area contributed by atoms with Gasteiger partial charge in [-0.15, -0.1) is 0 Å². The van der Waals surface area contributed by atoms with Crippen molar-refractivity contribution >= 4 is 11.7 Å². The van der Waals surface area contributed by atoms with E-state index in [1.165, 1.54) is 0 Å². The lowest BCUT2D eigenvalue weighted by Gasteiger charge is -2.32. The maximum Gasteiger partial charge on any atom is 0.284 e. The lowest BCUT2D eigenvalue weighted by atomic mass is 9.89. The van der Waals surface area contributed by atoms with Crippen LogP contribution >= 0.6 is 0 Å². The van der Waals surface area contributed by atoms with Gasteiger partial charge in [-0.3, -0.25) is 14.5 Å². The Kier molecular flexibility index (Phi) is 5.70. The number of nitrogens with two attached hydrogens (primary N) is 1. The standard InChI is InChI=1S/C20H22F2N2O3/c1-2-17-13(8-18(27-17)20(23)26)11-24-7-3-4-12(10-24)19(25)15-9-14(21)5-6-16(15)22/h5-6,8-9,12H,2-4,7,10-11H2,1H3,(H2,23,26)/t12-/m1/s1. The first-order chi connectivity index (χ1) is 12.9. The third-order valence-electron chi connectivity index (χ3n) is 4.92. The van der Waals surface area contributed by atoms with Crippen LogP contribution in [0, 0.1) is 17.6 Å². The summed E-state index contributed by atoms with van der Waals surface area (Å²) >= 11 is 0. The average molecular weight is 376 g/mol. The molecule has 5 nitrogen and oxygen atoms in total. The fraction of sp³-hybridized carbons (Fsp3) is 0.400. The van der Waals surface area contributed by atoms with Crippen LogP contribution in [0.1, 0.15) is 52.0 Å². The summed E-state index contributed by atoms with van der Waals surface area (Å²) in [5, 5.41) is 0. The van der Waals surface area contributed by atoms with Gasteiger partial charge in [0, 0.05) is 31.0 Å². The monoisotopic (exact) mass is 376 g/mol. The zero-order valence-electron chi connectivity index (χ0n) is 15.1. The van der Waals surface area contributed by atoms with Crippen molar-refractivity contribution in [2.75, 3.05) is 13.1 Å². The summed E-state index contributed by atoms with van der Waals surface area (Å²) in [5.41, 5.74) is 5.94. The van der Waals surface area contributed by atoms with Crippen molar-refractivity contribution in [1.29, 1.82) is 0 Å². The third kappa shape index (κ3) is 4.24. The van der Waals surface area contributed by atoms with E-state index in [-0.39, 0.29) is 17.1 Å². The normalized spacial score (nSPS) is 17.8. The summed E-state index contributed by atoms with van der Waals surface area (Å²) in [6, 6.07) is 4.58. The summed E-state index contributed by atoms with van der Waals surface area (Å²) in [6.45, 7) is 3.64. The predicted molar refractivity (Wildman–Crippen MR) is 95.3 cm³/mol. The average Bonchev–Trinajstić information content (AvgIpc) is 3.06. The molecule has 0 radical (unpaired) electrons. The van der Waals surface area contributed by atoms with E-state index in [9.17, 15) is 18.4 Å². The van der Waals surface area contributed by atoms with E-state index in [4.69, 9.17) is 10.2 Å². The van der Waals surface area contributed by atoms with E-state index < -0.39 is 23.5 Å². The number of piperidine rings is 1. The third-order valence-corrected chi connectivity index (χ3v) is 4.92. The van der Waals surface area contributed by atoms with Gasteiger partial charge in [0.2, 0.25) is 0 Å². The number of carbonyl (C=O) groups excluding carboxylic acids is 2. The molecule has 0 bridgehead atoms. The van der Waals surface area contributed by atoms with Crippen LogP contribution in [0.3, 0.4) is 0 Å². The van der Waals surface area contributed by atoms with E-state index in [0.29, 0.717) is 31.7 Å². The minimum Gasteiger partial charge on any atom is -0.456 e. The molecule has 0 aliphatic carbocycles. The summed E-state index contributed by atoms with van der Waals surface area (Å²) in [5.74, 6) is -1.92. The number of halogens is 2. The fourth-order valence-corrected chi connectivity index (χ4v) is 3.58. The van der Waals surface area contributed by atoms with Gasteiger partial charge in [0.1, 0.15) is 17.4 Å². The number of hydrogen-bond acceptors (Lipinski definition) is 4. The van der Waals surface area contributed by atoms with Crippen molar-refractivity contribution in [1.82, 2.24) is 4.90 Å². The number of benzene rings is 1. The molecule has 0 unspecified atom stereocenters. The number of furan rings is 1. The fourth-order valence-electron chi connectivity index (χ4n) is 3.58. The maximum absolute atomic E-state index is 13.9. The number of Topliss-reactive ketones (excluding diaryl/α,β-unsaturated/α-hetero) is 1. The lowest BCUT2D eigenvalue weighted by Crippen LogP contribution is -2.38. The van der Waals surface area contributed by atoms with Gasteiger partial charge in [-0.1, -0.05) is 6.92 Å². The van der Waals surface area contributed by atoms with Gasteiger partial charge in [-0.25, -0.2) is 8.78 Å². The molecule has 144 valence electrons. The number of carbonyl (C=O) groups is 2. The highest BCUT2D eigenvalue weighted by atomic mass is 19.1. The molecule has 1 saturated heterocycles. The van der Waals surface area contributed by atoms with Gasteiger partial charge in [0.25, 0.3) is 5.91 Å². The molecule has 2 heterocycles. The summed E-state index contributed by atoms with van der Waals surface area (Å²) in [4.78, 5) is 26.1. The Labute approximate surface area is 156 Å². The first-order valence-electron chi connectivity index (χ1n) is 9.02. The molecule has 1 aromatic carbocycles. The first kappa shape index (κ1) is 19.2. The molecular weight excluding hydrogens is 354 g/mol. The second-order valence-electron chi connectivity index (χ2n) is 6.84. The molecule has 0 saturated carbocycles. The molecule has 3 rings (SSSR count). The van der Waals surface area contributed by atoms with Crippen LogP contribution in [0.5, 0.6) is 0 Å². The molecule has 1 aliphatic heterocycles. The van der Waals surface area contributed by atoms with Gasteiger partial charge in [-0.05, 0) is 43.7 Å². The molecule has 2 N–H and O–H groups in total. The largest absolute Gasteiger partial charge is 0.456 e. The van der Waals surface area contributed by atoms with Crippen molar-refractivity contribution < 1.29 is 22.8 Å².